The summed E-state index contributed by atoms with van der Waals surface area (Å²) in [6, 6.07) is 9.39. The van der Waals surface area contributed by atoms with Crippen LogP contribution in [0.3, 0.4) is 0 Å². The minimum Gasteiger partial charge on any atom is -0.487 e. The molecule has 0 saturated heterocycles. The molecule has 0 aliphatic heterocycles. The summed E-state index contributed by atoms with van der Waals surface area (Å²) in [7, 11) is 0. The van der Waals surface area contributed by atoms with Crippen LogP contribution in [0.5, 0.6) is 5.75 Å². The molecule has 0 amide bonds. The van der Waals surface area contributed by atoms with Crippen LogP contribution in [0.2, 0.25) is 0 Å². The molecule has 2 rings (SSSR count). The molecule has 1 N–H and O–H groups in total. The summed E-state index contributed by atoms with van der Waals surface area (Å²) >= 11 is 6.72. The molecule has 5 heteroatoms. The number of hydrogen-bond donors (Lipinski definition) is 1. The van der Waals surface area contributed by atoms with Gasteiger partial charge in [-0.2, -0.15) is 0 Å². The van der Waals surface area contributed by atoms with Crippen molar-refractivity contribution in [2.75, 3.05) is 0 Å². The fraction of sp³-hybridized carbons (Fsp3) is 0.214. The first-order chi connectivity index (χ1) is 9.06. The van der Waals surface area contributed by atoms with E-state index in [4.69, 9.17) is 4.74 Å². The monoisotopic (exact) mass is 385 g/mol. The molecule has 0 aliphatic carbocycles. The van der Waals surface area contributed by atoms with E-state index in [1.807, 2.05) is 30.3 Å². The molecule has 3 nitrogen and oxygen atoms in total. The molecule has 1 heterocycles. The zero-order valence-electron chi connectivity index (χ0n) is 10.3. The van der Waals surface area contributed by atoms with E-state index in [2.05, 4.69) is 36.8 Å². The van der Waals surface area contributed by atoms with Crippen LogP contribution in [0.1, 0.15) is 24.3 Å². The Morgan fingerprint density at radius 1 is 1.21 bits per heavy atom. The van der Waals surface area contributed by atoms with Gasteiger partial charge in [0, 0.05) is 20.7 Å². The van der Waals surface area contributed by atoms with Gasteiger partial charge in [0.15, 0.2) is 0 Å². The third-order valence-electron chi connectivity index (χ3n) is 2.59. The number of aliphatic hydroxyl groups excluding tert-OH is 1. The third-order valence-corrected chi connectivity index (χ3v) is 3.55. The summed E-state index contributed by atoms with van der Waals surface area (Å²) in [5, 5.41) is 9.74. The molecule has 100 valence electrons. The molecular weight excluding hydrogens is 374 g/mol. The van der Waals surface area contributed by atoms with Gasteiger partial charge >= 0.3 is 0 Å². The van der Waals surface area contributed by atoms with E-state index in [0.717, 1.165) is 20.2 Å². The van der Waals surface area contributed by atoms with E-state index in [1.165, 1.54) is 0 Å². The number of pyridine rings is 1. The molecule has 1 aromatic heterocycles. The van der Waals surface area contributed by atoms with E-state index < -0.39 is 6.10 Å². The van der Waals surface area contributed by atoms with Gasteiger partial charge in [0.05, 0.1) is 11.8 Å². The van der Waals surface area contributed by atoms with Crippen LogP contribution >= 0.6 is 31.9 Å². The zero-order valence-corrected chi connectivity index (χ0v) is 13.5. The molecule has 1 unspecified atom stereocenters. The molecule has 0 radical (unpaired) electrons. The lowest BCUT2D eigenvalue weighted by Crippen LogP contribution is -2.02. The lowest BCUT2D eigenvalue weighted by Gasteiger charge is -2.13. The van der Waals surface area contributed by atoms with Gasteiger partial charge in [-0.25, -0.2) is 0 Å². The second kappa shape index (κ2) is 6.50. The molecule has 1 atom stereocenters. The first-order valence-electron chi connectivity index (χ1n) is 5.77. The number of halogens is 2. The Kier molecular flexibility index (Phi) is 4.96. The first kappa shape index (κ1) is 14.5. The SMILES string of the molecule is CC(O)c1cc(Br)ccc1OCc1ccc(Br)cn1. The first-order valence-corrected chi connectivity index (χ1v) is 7.35. The summed E-state index contributed by atoms with van der Waals surface area (Å²) in [5.41, 5.74) is 1.59. The van der Waals surface area contributed by atoms with E-state index in [0.29, 0.717) is 12.4 Å². The summed E-state index contributed by atoms with van der Waals surface area (Å²) < 4.78 is 7.57. The average molecular weight is 387 g/mol. The van der Waals surface area contributed by atoms with Crippen LogP contribution in [-0.2, 0) is 6.61 Å². The summed E-state index contributed by atoms with van der Waals surface area (Å²) in [6.07, 6.45) is 1.15. The van der Waals surface area contributed by atoms with Gasteiger partial charge in [-0.15, -0.1) is 0 Å². The van der Waals surface area contributed by atoms with Crippen LogP contribution in [0, 0.1) is 0 Å². The average Bonchev–Trinajstić information content (AvgIpc) is 2.39. The predicted molar refractivity (Wildman–Crippen MR) is 81.0 cm³/mol. The number of hydrogen-bond acceptors (Lipinski definition) is 3. The van der Waals surface area contributed by atoms with Gasteiger partial charge in [0.2, 0.25) is 0 Å². The quantitative estimate of drug-likeness (QED) is 0.854. The van der Waals surface area contributed by atoms with Crippen LogP contribution < -0.4 is 4.74 Å². The van der Waals surface area contributed by atoms with Crippen molar-refractivity contribution in [2.24, 2.45) is 0 Å². The minimum atomic E-state index is -0.578. The van der Waals surface area contributed by atoms with Gasteiger partial charge in [-0.1, -0.05) is 15.9 Å². The smallest absolute Gasteiger partial charge is 0.130 e. The van der Waals surface area contributed by atoms with Gasteiger partial charge in [0.25, 0.3) is 0 Å². The van der Waals surface area contributed by atoms with E-state index in [-0.39, 0.29) is 0 Å². The summed E-state index contributed by atoms with van der Waals surface area (Å²) in [5.74, 6) is 0.669. The van der Waals surface area contributed by atoms with Crippen molar-refractivity contribution in [3.05, 3.63) is 56.7 Å². The van der Waals surface area contributed by atoms with Crippen molar-refractivity contribution in [2.45, 2.75) is 19.6 Å². The Bertz CT molecular complexity index is 556. The van der Waals surface area contributed by atoms with Crippen LogP contribution in [0.4, 0.5) is 0 Å². The molecular formula is C14H13Br2NO2. The zero-order chi connectivity index (χ0) is 13.8. The van der Waals surface area contributed by atoms with Crippen molar-refractivity contribution in [1.29, 1.82) is 0 Å². The number of aliphatic hydroxyl groups is 1. The fourth-order valence-corrected chi connectivity index (χ4v) is 2.23. The Labute approximate surface area is 128 Å². The second-order valence-corrected chi connectivity index (χ2v) is 5.95. The largest absolute Gasteiger partial charge is 0.487 e. The molecule has 2 aromatic rings. The highest BCUT2D eigenvalue weighted by atomic mass is 79.9. The highest BCUT2D eigenvalue weighted by Gasteiger charge is 2.10. The topological polar surface area (TPSA) is 42.4 Å². The highest BCUT2D eigenvalue weighted by molar-refractivity contribution is 9.10. The lowest BCUT2D eigenvalue weighted by molar-refractivity contribution is 0.189. The molecule has 0 saturated carbocycles. The number of ether oxygens (including phenoxy) is 1. The van der Waals surface area contributed by atoms with E-state index in [9.17, 15) is 5.11 Å². The van der Waals surface area contributed by atoms with Crippen molar-refractivity contribution in [1.82, 2.24) is 4.98 Å². The van der Waals surface area contributed by atoms with Crippen molar-refractivity contribution >= 4 is 31.9 Å². The standard InChI is InChI=1S/C14H13Br2NO2/c1-9(18)13-6-10(15)3-5-14(13)19-8-12-4-2-11(16)7-17-12/h2-7,9,18H,8H2,1H3. The number of nitrogens with zero attached hydrogens (tertiary/aromatic N) is 1. The molecule has 0 spiro atoms. The van der Waals surface area contributed by atoms with Crippen LogP contribution in [0.15, 0.2) is 45.5 Å². The Morgan fingerprint density at radius 3 is 2.58 bits per heavy atom. The van der Waals surface area contributed by atoms with Gasteiger partial charge in [-0.3, -0.25) is 4.98 Å². The predicted octanol–water partition coefficient (Wildman–Crippen LogP) is 4.24. The minimum absolute atomic E-state index is 0.370. The van der Waals surface area contributed by atoms with Gasteiger partial charge < -0.3 is 9.84 Å². The lowest BCUT2D eigenvalue weighted by atomic mass is 10.1. The van der Waals surface area contributed by atoms with Crippen molar-refractivity contribution in [3.8, 4) is 5.75 Å². The number of rotatable bonds is 4. The summed E-state index contributed by atoms with van der Waals surface area (Å²) in [6.45, 7) is 2.08. The molecule has 0 aliphatic rings. The Hall–Kier alpha value is -0.910. The maximum absolute atomic E-state index is 9.74. The van der Waals surface area contributed by atoms with Crippen molar-refractivity contribution < 1.29 is 9.84 Å². The van der Waals surface area contributed by atoms with E-state index in [1.54, 1.807) is 13.1 Å². The number of aromatic nitrogens is 1. The molecule has 0 fully saturated rings. The summed E-state index contributed by atoms with van der Waals surface area (Å²) in [4.78, 5) is 4.24. The molecule has 0 bridgehead atoms. The highest BCUT2D eigenvalue weighted by Crippen LogP contribution is 2.29. The second-order valence-electron chi connectivity index (χ2n) is 4.11. The van der Waals surface area contributed by atoms with Crippen LogP contribution in [-0.4, -0.2) is 10.1 Å². The fourth-order valence-electron chi connectivity index (χ4n) is 1.62. The Balaban J connectivity index is 2.13. The van der Waals surface area contributed by atoms with E-state index >= 15 is 0 Å². The Morgan fingerprint density at radius 2 is 1.95 bits per heavy atom. The van der Waals surface area contributed by atoms with Crippen molar-refractivity contribution in [3.63, 3.8) is 0 Å². The maximum Gasteiger partial charge on any atom is 0.130 e. The maximum atomic E-state index is 9.74. The van der Waals surface area contributed by atoms with Crippen LogP contribution in [0.25, 0.3) is 0 Å². The van der Waals surface area contributed by atoms with Gasteiger partial charge in [0.1, 0.15) is 12.4 Å². The molecule has 1 aromatic carbocycles. The number of benzene rings is 1. The normalized spacial score (nSPS) is 12.2. The molecule has 19 heavy (non-hydrogen) atoms. The van der Waals surface area contributed by atoms with Gasteiger partial charge in [-0.05, 0) is 53.2 Å². The third kappa shape index (κ3) is 4.03.